The molecule has 0 saturated heterocycles. The molecular weight excluding hydrogens is 250 g/mol. The van der Waals surface area contributed by atoms with Gasteiger partial charge in [0.2, 0.25) is 0 Å². The van der Waals surface area contributed by atoms with Gasteiger partial charge in [-0.15, -0.1) is 0 Å². The predicted octanol–water partition coefficient (Wildman–Crippen LogP) is 0.695. The van der Waals surface area contributed by atoms with Crippen LogP contribution < -0.4 is 5.73 Å². The van der Waals surface area contributed by atoms with Crippen LogP contribution in [0.2, 0.25) is 0 Å². The molecule has 1 rings (SSSR count). The Kier molecular flexibility index (Phi) is 3.17. The molecule has 0 amide bonds. The summed E-state index contributed by atoms with van der Waals surface area (Å²) < 4.78 is 0. The quantitative estimate of drug-likeness (QED) is 0.343. The molecule has 0 saturated carbocycles. The zero-order chi connectivity index (χ0) is 14.0. The number of non-ortho nitro benzene ring substituents is 1. The van der Waals surface area contributed by atoms with Crippen molar-refractivity contribution < 1.29 is 14.8 Å². The van der Waals surface area contributed by atoms with E-state index in [1.54, 1.807) is 0 Å². The standard InChI is InChI=1S/C7H5N5O6/c8-7(9)6-4(11(15)16)1-3(10(13)14)2-5(6)12(17)18/h1-2H,(H3,8,9). The molecule has 0 bridgehead atoms. The molecule has 1 aromatic rings. The molecule has 0 aliphatic heterocycles. The molecular formula is C7H5N5O6. The summed E-state index contributed by atoms with van der Waals surface area (Å²) in [7, 11) is 0. The first-order valence-corrected chi connectivity index (χ1v) is 4.21. The lowest BCUT2D eigenvalue weighted by Gasteiger charge is -2.02. The summed E-state index contributed by atoms with van der Waals surface area (Å²) in [4.78, 5) is 28.7. The smallest absolute Gasteiger partial charge is 0.294 e. The number of hydrogen-bond acceptors (Lipinski definition) is 7. The first kappa shape index (κ1) is 13.0. The Balaban J connectivity index is 3.76. The van der Waals surface area contributed by atoms with Gasteiger partial charge in [-0.2, -0.15) is 0 Å². The monoisotopic (exact) mass is 255 g/mol. The van der Waals surface area contributed by atoms with E-state index in [-0.39, 0.29) is 0 Å². The summed E-state index contributed by atoms with van der Waals surface area (Å²) in [6.45, 7) is 0. The van der Waals surface area contributed by atoms with E-state index >= 15 is 0 Å². The molecule has 0 aromatic heterocycles. The van der Waals surface area contributed by atoms with E-state index in [0.717, 1.165) is 0 Å². The maximum atomic E-state index is 10.7. The minimum atomic E-state index is -1.07. The van der Waals surface area contributed by atoms with Crippen LogP contribution in [0.15, 0.2) is 12.1 Å². The van der Waals surface area contributed by atoms with Gasteiger partial charge < -0.3 is 5.73 Å². The highest BCUT2D eigenvalue weighted by Crippen LogP contribution is 2.33. The van der Waals surface area contributed by atoms with E-state index in [0.29, 0.717) is 12.1 Å². The SMILES string of the molecule is N=C(N)c1c([N+](=O)[O-])cc([N+](=O)[O-])cc1[N+](=O)[O-]. The molecule has 3 N–H and O–H groups in total. The number of nitrogen functional groups attached to an aromatic ring is 1. The predicted molar refractivity (Wildman–Crippen MR) is 57.4 cm³/mol. The van der Waals surface area contributed by atoms with Crippen molar-refractivity contribution in [1.82, 2.24) is 0 Å². The number of rotatable bonds is 4. The van der Waals surface area contributed by atoms with Crippen molar-refractivity contribution >= 4 is 22.9 Å². The highest BCUT2D eigenvalue weighted by molar-refractivity contribution is 6.03. The normalized spacial score (nSPS) is 9.78. The Labute approximate surface area is 97.8 Å². The van der Waals surface area contributed by atoms with Crippen molar-refractivity contribution in [3.63, 3.8) is 0 Å². The number of nitrogens with one attached hydrogen (secondary N) is 1. The van der Waals surface area contributed by atoms with Crippen LogP contribution in [-0.4, -0.2) is 20.6 Å². The maximum Gasteiger partial charge on any atom is 0.294 e. The van der Waals surface area contributed by atoms with Gasteiger partial charge in [0.15, 0.2) is 5.56 Å². The number of nitro groups is 3. The van der Waals surface area contributed by atoms with E-state index < -0.39 is 43.2 Å². The third-order valence-corrected chi connectivity index (χ3v) is 1.96. The van der Waals surface area contributed by atoms with E-state index in [1.165, 1.54) is 0 Å². The summed E-state index contributed by atoms with van der Waals surface area (Å²) in [5, 5.41) is 39.0. The van der Waals surface area contributed by atoms with Gasteiger partial charge in [0.25, 0.3) is 17.1 Å². The number of benzene rings is 1. The lowest BCUT2D eigenvalue weighted by Crippen LogP contribution is -2.16. The van der Waals surface area contributed by atoms with Crippen LogP contribution in [0.1, 0.15) is 5.56 Å². The molecule has 94 valence electrons. The van der Waals surface area contributed by atoms with E-state index in [4.69, 9.17) is 11.1 Å². The molecule has 0 radical (unpaired) electrons. The van der Waals surface area contributed by atoms with Crippen LogP contribution in [0.3, 0.4) is 0 Å². The average Bonchev–Trinajstić information content (AvgIpc) is 2.26. The number of nitrogens with zero attached hydrogens (tertiary/aromatic N) is 3. The molecule has 0 atom stereocenters. The van der Waals surface area contributed by atoms with E-state index in [9.17, 15) is 30.3 Å². The summed E-state index contributed by atoms with van der Waals surface area (Å²) >= 11 is 0. The van der Waals surface area contributed by atoms with Crippen LogP contribution in [-0.2, 0) is 0 Å². The average molecular weight is 255 g/mol. The van der Waals surface area contributed by atoms with Crippen molar-refractivity contribution in [2.45, 2.75) is 0 Å². The summed E-state index contributed by atoms with van der Waals surface area (Å²) in [5.41, 5.74) is 1.54. The van der Waals surface area contributed by atoms with Crippen molar-refractivity contribution in [2.24, 2.45) is 5.73 Å². The zero-order valence-corrected chi connectivity index (χ0v) is 8.52. The first-order valence-electron chi connectivity index (χ1n) is 4.21. The molecule has 0 heterocycles. The summed E-state index contributed by atoms with van der Waals surface area (Å²) in [6, 6.07) is 1.04. The molecule has 0 unspecified atom stereocenters. The fourth-order valence-electron chi connectivity index (χ4n) is 1.27. The molecule has 11 heteroatoms. The topological polar surface area (TPSA) is 179 Å². The minimum Gasteiger partial charge on any atom is -0.383 e. The fourth-order valence-corrected chi connectivity index (χ4v) is 1.27. The second kappa shape index (κ2) is 4.40. The Morgan fingerprint density at radius 2 is 1.39 bits per heavy atom. The third-order valence-electron chi connectivity index (χ3n) is 1.96. The Morgan fingerprint density at radius 3 is 1.61 bits per heavy atom. The van der Waals surface area contributed by atoms with Crippen LogP contribution in [0, 0.1) is 35.8 Å². The van der Waals surface area contributed by atoms with Gasteiger partial charge in [-0.1, -0.05) is 0 Å². The van der Waals surface area contributed by atoms with Gasteiger partial charge in [-0.25, -0.2) is 0 Å². The Bertz CT molecular complexity index is 547. The van der Waals surface area contributed by atoms with Gasteiger partial charge in [0, 0.05) is 0 Å². The van der Waals surface area contributed by atoms with Crippen LogP contribution in [0.4, 0.5) is 17.1 Å². The molecule has 0 spiro atoms. The van der Waals surface area contributed by atoms with Crippen molar-refractivity contribution in [3.05, 3.63) is 48.0 Å². The first-order chi connectivity index (χ1) is 8.25. The summed E-state index contributed by atoms with van der Waals surface area (Å²) in [5.74, 6) is -0.914. The van der Waals surface area contributed by atoms with Crippen LogP contribution in [0.5, 0.6) is 0 Å². The third kappa shape index (κ3) is 2.18. The van der Waals surface area contributed by atoms with Gasteiger partial charge in [0.1, 0.15) is 5.84 Å². The molecule has 1 aromatic carbocycles. The highest BCUT2D eigenvalue weighted by atomic mass is 16.6. The number of nitro benzene ring substituents is 3. The highest BCUT2D eigenvalue weighted by Gasteiger charge is 2.31. The second-order valence-electron chi connectivity index (χ2n) is 3.04. The van der Waals surface area contributed by atoms with Crippen molar-refractivity contribution in [3.8, 4) is 0 Å². The molecule has 18 heavy (non-hydrogen) atoms. The Morgan fingerprint density at radius 1 is 1.00 bits per heavy atom. The van der Waals surface area contributed by atoms with Gasteiger partial charge >= 0.3 is 0 Å². The van der Waals surface area contributed by atoms with Crippen molar-refractivity contribution in [2.75, 3.05) is 0 Å². The van der Waals surface area contributed by atoms with E-state index in [1.807, 2.05) is 0 Å². The van der Waals surface area contributed by atoms with Crippen LogP contribution >= 0.6 is 0 Å². The number of nitrogens with two attached hydrogens (primary N) is 1. The zero-order valence-electron chi connectivity index (χ0n) is 8.52. The molecule has 11 nitrogen and oxygen atoms in total. The van der Waals surface area contributed by atoms with Crippen LogP contribution in [0.25, 0.3) is 0 Å². The minimum absolute atomic E-state index is 0.518. The number of amidine groups is 1. The maximum absolute atomic E-state index is 10.7. The second-order valence-corrected chi connectivity index (χ2v) is 3.04. The lowest BCUT2D eigenvalue weighted by molar-refractivity contribution is -0.403. The van der Waals surface area contributed by atoms with Gasteiger partial charge in [-0.3, -0.25) is 35.8 Å². The lowest BCUT2D eigenvalue weighted by atomic mass is 10.1. The van der Waals surface area contributed by atoms with Gasteiger partial charge in [-0.05, 0) is 0 Å². The van der Waals surface area contributed by atoms with E-state index in [2.05, 4.69) is 0 Å². The summed E-state index contributed by atoms with van der Waals surface area (Å²) in [6.07, 6.45) is 0. The molecule has 0 aliphatic rings. The number of hydrogen-bond donors (Lipinski definition) is 2. The van der Waals surface area contributed by atoms with Gasteiger partial charge in [0.05, 0.1) is 26.9 Å². The van der Waals surface area contributed by atoms with Crippen molar-refractivity contribution in [1.29, 1.82) is 5.41 Å². The largest absolute Gasteiger partial charge is 0.383 e. The molecule has 0 fully saturated rings. The molecule has 0 aliphatic carbocycles. The Hall–Kier alpha value is -3.11. The fraction of sp³-hybridized carbons (Fsp3) is 0.